The van der Waals surface area contributed by atoms with E-state index in [-0.39, 0.29) is 5.82 Å². The van der Waals surface area contributed by atoms with Crippen LogP contribution >= 0.6 is 15.9 Å². The molecule has 0 atom stereocenters. The minimum Gasteiger partial charge on any atom is -0.490 e. The van der Waals surface area contributed by atoms with Gasteiger partial charge in [0.15, 0.2) is 11.5 Å². The molecule has 0 aliphatic carbocycles. The number of ether oxygens (including phenoxy) is 2. The molecule has 0 aliphatic heterocycles. The molecule has 0 amide bonds. The minimum atomic E-state index is -0.157. The summed E-state index contributed by atoms with van der Waals surface area (Å²) in [4.78, 5) is 0. The molecule has 3 aromatic carbocycles. The zero-order chi connectivity index (χ0) is 21.3. The standard InChI is InChI=1S/C25H27BrFNO2/c1-3-29-24-15-20(16-28-12-11-21-9-4-5-10-23(21)27)14-22(26)25(24)30-17-19-8-6-7-18(2)13-19/h4-10,13-15,28H,3,11-12,16-17H2,1-2H3. The predicted molar refractivity (Wildman–Crippen MR) is 123 cm³/mol. The highest BCUT2D eigenvalue weighted by atomic mass is 79.9. The lowest BCUT2D eigenvalue weighted by Crippen LogP contribution is -2.17. The Bertz CT molecular complexity index is 977. The van der Waals surface area contributed by atoms with Crippen molar-refractivity contribution in [2.45, 2.75) is 33.4 Å². The van der Waals surface area contributed by atoms with E-state index in [1.807, 2.05) is 37.3 Å². The second-order valence-corrected chi connectivity index (χ2v) is 7.99. The monoisotopic (exact) mass is 471 g/mol. The van der Waals surface area contributed by atoms with Crippen molar-refractivity contribution >= 4 is 15.9 Å². The first-order valence-electron chi connectivity index (χ1n) is 10.1. The molecule has 0 saturated carbocycles. The number of hydrogen-bond donors (Lipinski definition) is 1. The highest BCUT2D eigenvalue weighted by Crippen LogP contribution is 2.37. The highest BCUT2D eigenvalue weighted by Gasteiger charge is 2.13. The van der Waals surface area contributed by atoms with Crippen LogP contribution in [0.4, 0.5) is 4.39 Å². The second kappa shape index (κ2) is 11.1. The number of benzene rings is 3. The number of nitrogens with one attached hydrogen (secondary N) is 1. The van der Waals surface area contributed by atoms with Crippen LogP contribution in [0.15, 0.2) is 65.1 Å². The van der Waals surface area contributed by atoms with Crippen molar-refractivity contribution in [2.24, 2.45) is 0 Å². The summed E-state index contributed by atoms with van der Waals surface area (Å²) in [6.45, 7) is 6.40. The minimum absolute atomic E-state index is 0.157. The van der Waals surface area contributed by atoms with Gasteiger partial charge in [-0.3, -0.25) is 0 Å². The van der Waals surface area contributed by atoms with E-state index in [1.54, 1.807) is 6.07 Å². The molecule has 3 aromatic rings. The van der Waals surface area contributed by atoms with Gasteiger partial charge < -0.3 is 14.8 Å². The maximum atomic E-state index is 13.7. The maximum Gasteiger partial charge on any atom is 0.175 e. The molecule has 0 aromatic heterocycles. The van der Waals surface area contributed by atoms with Crippen LogP contribution in [0, 0.1) is 12.7 Å². The van der Waals surface area contributed by atoms with E-state index in [1.165, 1.54) is 11.6 Å². The van der Waals surface area contributed by atoms with E-state index >= 15 is 0 Å². The van der Waals surface area contributed by atoms with Gasteiger partial charge in [0.1, 0.15) is 12.4 Å². The fourth-order valence-electron chi connectivity index (χ4n) is 3.24. The molecule has 30 heavy (non-hydrogen) atoms. The van der Waals surface area contributed by atoms with Crippen molar-refractivity contribution in [3.8, 4) is 11.5 Å². The van der Waals surface area contributed by atoms with Crippen molar-refractivity contribution < 1.29 is 13.9 Å². The third-order valence-corrected chi connectivity index (χ3v) is 5.28. The average molecular weight is 472 g/mol. The van der Waals surface area contributed by atoms with Gasteiger partial charge in [-0.05, 0) is 77.6 Å². The molecule has 158 valence electrons. The Kier molecular flexibility index (Phi) is 8.29. The van der Waals surface area contributed by atoms with Gasteiger partial charge in [0.05, 0.1) is 11.1 Å². The molecule has 3 rings (SSSR count). The van der Waals surface area contributed by atoms with E-state index in [0.717, 1.165) is 21.2 Å². The molecule has 0 unspecified atom stereocenters. The van der Waals surface area contributed by atoms with E-state index < -0.39 is 0 Å². The third kappa shape index (κ3) is 6.31. The van der Waals surface area contributed by atoms with Gasteiger partial charge in [0.2, 0.25) is 0 Å². The summed E-state index contributed by atoms with van der Waals surface area (Å²) in [7, 11) is 0. The summed E-state index contributed by atoms with van der Waals surface area (Å²) in [6, 6.07) is 19.2. The molecule has 0 bridgehead atoms. The third-order valence-electron chi connectivity index (χ3n) is 4.69. The van der Waals surface area contributed by atoms with Crippen LogP contribution in [0.2, 0.25) is 0 Å². The van der Waals surface area contributed by atoms with Gasteiger partial charge in [-0.1, -0.05) is 48.0 Å². The lowest BCUT2D eigenvalue weighted by atomic mass is 10.1. The largest absolute Gasteiger partial charge is 0.490 e. The van der Waals surface area contributed by atoms with Gasteiger partial charge in [-0.25, -0.2) is 4.39 Å². The van der Waals surface area contributed by atoms with Crippen LogP contribution in [-0.2, 0) is 19.6 Å². The quantitative estimate of drug-likeness (QED) is 0.356. The van der Waals surface area contributed by atoms with Crippen LogP contribution < -0.4 is 14.8 Å². The first-order valence-corrected chi connectivity index (χ1v) is 10.9. The molecule has 5 heteroatoms. The van der Waals surface area contributed by atoms with Crippen LogP contribution in [0.25, 0.3) is 0 Å². The number of aryl methyl sites for hydroxylation is 1. The molecular formula is C25H27BrFNO2. The summed E-state index contributed by atoms with van der Waals surface area (Å²) in [5, 5.41) is 3.37. The molecule has 1 N–H and O–H groups in total. The Morgan fingerprint density at radius 1 is 0.967 bits per heavy atom. The Hall–Kier alpha value is -2.37. The van der Waals surface area contributed by atoms with E-state index in [0.29, 0.717) is 44.2 Å². The first kappa shape index (κ1) is 22.3. The zero-order valence-electron chi connectivity index (χ0n) is 17.4. The molecule has 0 heterocycles. The normalized spacial score (nSPS) is 10.8. The predicted octanol–water partition coefficient (Wildman–Crippen LogP) is 6.21. The SMILES string of the molecule is CCOc1cc(CNCCc2ccccc2F)cc(Br)c1OCc1cccc(C)c1. The topological polar surface area (TPSA) is 30.5 Å². The molecule has 0 fully saturated rings. The van der Waals surface area contributed by atoms with Crippen molar-refractivity contribution in [1.29, 1.82) is 0 Å². The van der Waals surface area contributed by atoms with Gasteiger partial charge in [-0.2, -0.15) is 0 Å². The van der Waals surface area contributed by atoms with Crippen molar-refractivity contribution in [3.05, 3.63) is 93.2 Å². The average Bonchev–Trinajstić information content (AvgIpc) is 2.72. The van der Waals surface area contributed by atoms with Crippen LogP contribution in [0.5, 0.6) is 11.5 Å². The van der Waals surface area contributed by atoms with Gasteiger partial charge in [-0.15, -0.1) is 0 Å². The Labute approximate surface area is 186 Å². The Morgan fingerprint density at radius 2 is 1.80 bits per heavy atom. The Morgan fingerprint density at radius 3 is 2.57 bits per heavy atom. The lowest BCUT2D eigenvalue weighted by molar-refractivity contribution is 0.267. The molecule has 0 radical (unpaired) electrons. The second-order valence-electron chi connectivity index (χ2n) is 7.13. The number of halogens is 2. The first-order chi connectivity index (χ1) is 14.6. The molecule has 0 saturated heterocycles. The van der Waals surface area contributed by atoms with Crippen molar-refractivity contribution in [3.63, 3.8) is 0 Å². The number of rotatable bonds is 10. The van der Waals surface area contributed by atoms with E-state index in [9.17, 15) is 4.39 Å². The van der Waals surface area contributed by atoms with Crippen LogP contribution in [0.3, 0.4) is 0 Å². The van der Waals surface area contributed by atoms with Gasteiger partial charge in [0, 0.05) is 6.54 Å². The van der Waals surface area contributed by atoms with Gasteiger partial charge >= 0.3 is 0 Å². The van der Waals surface area contributed by atoms with Crippen molar-refractivity contribution in [1.82, 2.24) is 5.32 Å². The van der Waals surface area contributed by atoms with Crippen LogP contribution in [0.1, 0.15) is 29.2 Å². The molecule has 3 nitrogen and oxygen atoms in total. The van der Waals surface area contributed by atoms with Crippen LogP contribution in [-0.4, -0.2) is 13.2 Å². The highest BCUT2D eigenvalue weighted by molar-refractivity contribution is 9.10. The fourth-order valence-corrected chi connectivity index (χ4v) is 3.84. The van der Waals surface area contributed by atoms with E-state index in [2.05, 4.69) is 46.4 Å². The summed E-state index contributed by atoms with van der Waals surface area (Å²) < 4.78 is 26.5. The molecule has 0 aliphatic rings. The zero-order valence-corrected chi connectivity index (χ0v) is 19.0. The summed E-state index contributed by atoms with van der Waals surface area (Å²) >= 11 is 3.63. The number of hydrogen-bond acceptors (Lipinski definition) is 3. The molecule has 0 spiro atoms. The smallest absolute Gasteiger partial charge is 0.175 e. The summed E-state index contributed by atoms with van der Waals surface area (Å²) in [5.74, 6) is 1.26. The summed E-state index contributed by atoms with van der Waals surface area (Å²) in [5.41, 5.74) is 4.11. The van der Waals surface area contributed by atoms with Gasteiger partial charge in [0.25, 0.3) is 0 Å². The Balaban J connectivity index is 1.62. The fraction of sp³-hybridized carbons (Fsp3) is 0.280. The lowest BCUT2D eigenvalue weighted by Gasteiger charge is -2.16. The van der Waals surface area contributed by atoms with Crippen molar-refractivity contribution in [2.75, 3.05) is 13.2 Å². The molecular weight excluding hydrogens is 445 g/mol. The summed E-state index contributed by atoms with van der Waals surface area (Å²) in [6.07, 6.45) is 0.643. The van der Waals surface area contributed by atoms with E-state index in [4.69, 9.17) is 9.47 Å². The maximum absolute atomic E-state index is 13.7.